The molecule has 0 amide bonds. The van der Waals surface area contributed by atoms with E-state index in [0.717, 1.165) is 0 Å². The molecule has 1 aromatic carbocycles. The Balaban J connectivity index is 2.81. The quantitative estimate of drug-likeness (QED) is 0.531. The van der Waals surface area contributed by atoms with Gasteiger partial charge in [0.05, 0.1) is 6.61 Å². The molecule has 0 saturated heterocycles. The van der Waals surface area contributed by atoms with Crippen molar-refractivity contribution in [1.29, 1.82) is 5.41 Å². The summed E-state index contributed by atoms with van der Waals surface area (Å²) in [6.45, 7) is 2.21. The van der Waals surface area contributed by atoms with Crippen LogP contribution in [0.4, 0.5) is 4.39 Å². The fraction of sp³-hybridized carbons (Fsp3) is 0.222. The average Bonchev–Trinajstić information content (AvgIpc) is 2.05. The zero-order chi connectivity index (χ0) is 8.97. The van der Waals surface area contributed by atoms with E-state index in [0.29, 0.717) is 12.2 Å². The SMILES string of the molecule is CCOC(=N)c1cccc(F)c1. The minimum atomic E-state index is -0.350. The summed E-state index contributed by atoms with van der Waals surface area (Å²) in [6.07, 6.45) is 0. The number of rotatable bonds is 2. The minimum Gasteiger partial charge on any atom is -0.478 e. The molecule has 0 spiro atoms. The van der Waals surface area contributed by atoms with Crippen LogP contribution in [0.25, 0.3) is 0 Å². The fourth-order valence-electron chi connectivity index (χ4n) is 0.857. The second-order valence-electron chi connectivity index (χ2n) is 2.27. The van der Waals surface area contributed by atoms with Gasteiger partial charge in [-0.3, -0.25) is 5.41 Å². The molecule has 2 nitrogen and oxygen atoms in total. The summed E-state index contributed by atoms with van der Waals surface area (Å²) in [5, 5.41) is 7.34. The van der Waals surface area contributed by atoms with Gasteiger partial charge in [-0.25, -0.2) is 4.39 Å². The Morgan fingerprint density at radius 2 is 2.33 bits per heavy atom. The number of hydrogen-bond acceptors (Lipinski definition) is 2. The molecule has 0 aromatic heterocycles. The maximum absolute atomic E-state index is 12.6. The van der Waals surface area contributed by atoms with Gasteiger partial charge in [-0.05, 0) is 25.1 Å². The number of hydrogen-bond donors (Lipinski definition) is 1. The maximum atomic E-state index is 12.6. The fourth-order valence-corrected chi connectivity index (χ4v) is 0.857. The molecule has 0 bridgehead atoms. The molecule has 1 N–H and O–H groups in total. The van der Waals surface area contributed by atoms with Gasteiger partial charge in [0.25, 0.3) is 0 Å². The highest BCUT2D eigenvalue weighted by molar-refractivity contribution is 5.91. The molecule has 0 heterocycles. The molecule has 0 aliphatic rings. The van der Waals surface area contributed by atoms with Crippen molar-refractivity contribution in [3.63, 3.8) is 0 Å². The Bertz CT molecular complexity index is 286. The number of benzene rings is 1. The Morgan fingerprint density at radius 3 is 2.92 bits per heavy atom. The Labute approximate surface area is 70.5 Å². The van der Waals surface area contributed by atoms with E-state index < -0.39 is 0 Å². The molecule has 3 heteroatoms. The molecule has 0 aliphatic heterocycles. The van der Waals surface area contributed by atoms with E-state index in [-0.39, 0.29) is 11.7 Å². The van der Waals surface area contributed by atoms with Crippen LogP contribution in [0.15, 0.2) is 24.3 Å². The second-order valence-corrected chi connectivity index (χ2v) is 2.27. The molecule has 0 atom stereocenters. The van der Waals surface area contributed by atoms with Crippen molar-refractivity contribution in [2.24, 2.45) is 0 Å². The van der Waals surface area contributed by atoms with E-state index in [9.17, 15) is 4.39 Å². The third-order valence-corrected chi connectivity index (χ3v) is 1.38. The van der Waals surface area contributed by atoms with E-state index >= 15 is 0 Å². The van der Waals surface area contributed by atoms with Crippen LogP contribution in [0, 0.1) is 11.2 Å². The summed E-state index contributed by atoms with van der Waals surface area (Å²) in [6, 6.07) is 5.81. The average molecular weight is 167 g/mol. The summed E-state index contributed by atoms with van der Waals surface area (Å²) < 4.78 is 17.5. The largest absolute Gasteiger partial charge is 0.478 e. The van der Waals surface area contributed by atoms with Crippen LogP contribution in [0.2, 0.25) is 0 Å². The van der Waals surface area contributed by atoms with Crippen molar-refractivity contribution < 1.29 is 9.13 Å². The lowest BCUT2D eigenvalue weighted by Gasteiger charge is -2.03. The van der Waals surface area contributed by atoms with E-state index in [1.165, 1.54) is 12.1 Å². The van der Waals surface area contributed by atoms with Gasteiger partial charge in [-0.15, -0.1) is 0 Å². The molecule has 12 heavy (non-hydrogen) atoms. The normalized spacial score (nSPS) is 9.50. The monoisotopic (exact) mass is 167 g/mol. The topological polar surface area (TPSA) is 33.1 Å². The Hall–Kier alpha value is -1.38. The van der Waals surface area contributed by atoms with E-state index in [2.05, 4.69) is 0 Å². The van der Waals surface area contributed by atoms with Crippen LogP contribution in [-0.4, -0.2) is 12.5 Å². The Morgan fingerprint density at radius 1 is 1.58 bits per heavy atom. The van der Waals surface area contributed by atoms with Crippen molar-refractivity contribution in [3.8, 4) is 0 Å². The summed E-state index contributed by atoms with van der Waals surface area (Å²) in [7, 11) is 0. The highest BCUT2D eigenvalue weighted by Gasteiger charge is 2.01. The first kappa shape index (κ1) is 8.71. The summed E-state index contributed by atoms with van der Waals surface area (Å²) in [5.74, 6) is -0.339. The van der Waals surface area contributed by atoms with Crippen LogP contribution in [-0.2, 0) is 4.74 Å². The van der Waals surface area contributed by atoms with Crippen LogP contribution in [0.1, 0.15) is 12.5 Å². The van der Waals surface area contributed by atoms with Gasteiger partial charge < -0.3 is 4.74 Å². The molecular weight excluding hydrogens is 157 g/mol. The van der Waals surface area contributed by atoms with Crippen LogP contribution < -0.4 is 0 Å². The lowest BCUT2D eigenvalue weighted by Crippen LogP contribution is -2.04. The first-order valence-corrected chi connectivity index (χ1v) is 3.71. The predicted molar refractivity (Wildman–Crippen MR) is 44.9 cm³/mol. The van der Waals surface area contributed by atoms with Crippen molar-refractivity contribution in [1.82, 2.24) is 0 Å². The summed E-state index contributed by atoms with van der Waals surface area (Å²) >= 11 is 0. The van der Waals surface area contributed by atoms with Gasteiger partial charge >= 0.3 is 0 Å². The second kappa shape index (κ2) is 3.85. The third-order valence-electron chi connectivity index (χ3n) is 1.38. The van der Waals surface area contributed by atoms with Crippen molar-refractivity contribution in [2.75, 3.05) is 6.61 Å². The van der Waals surface area contributed by atoms with E-state index in [1.54, 1.807) is 19.1 Å². The van der Waals surface area contributed by atoms with Crippen LogP contribution in [0.3, 0.4) is 0 Å². The molecule has 0 unspecified atom stereocenters. The van der Waals surface area contributed by atoms with Crippen LogP contribution in [0.5, 0.6) is 0 Å². The first-order valence-electron chi connectivity index (χ1n) is 3.71. The van der Waals surface area contributed by atoms with Gasteiger partial charge in [0.2, 0.25) is 5.90 Å². The third kappa shape index (κ3) is 2.05. The molecule has 64 valence electrons. The first-order chi connectivity index (χ1) is 5.74. The highest BCUT2D eigenvalue weighted by atomic mass is 19.1. The van der Waals surface area contributed by atoms with E-state index in [1.807, 2.05) is 0 Å². The Kier molecular flexibility index (Phi) is 2.80. The predicted octanol–water partition coefficient (Wildman–Crippen LogP) is 2.19. The van der Waals surface area contributed by atoms with Gasteiger partial charge in [0, 0.05) is 5.56 Å². The zero-order valence-corrected chi connectivity index (χ0v) is 6.80. The standard InChI is InChI=1S/C9H10FNO/c1-2-12-9(11)7-4-3-5-8(10)6-7/h3-6,11H,2H2,1H3. The molecule has 0 fully saturated rings. The number of halogens is 1. The number of nitrogens with one attached hydrogen (secondary N) is 1. The van der Waals surface area contributed by atoms with Crippen molar-refractivity contribution >= 4 is 5.90 Å². The minimum absolute atomic E-state index is 0.0111. The van der Waals surface area contributed by atoms with Gasteiger partial charge in [0.15, 0.2) is 0 Å². The zero-order valence-electron chi connectivity index (χ0n) is 6.80. The molecule has 1 rings (SSSR count). The molecular formula is C9H10FNO. The van der Waals surface area contributed by atoms with E-state index in [4.69, 9.17) is 10.1 Å². The van der Waals surface area contributed by atoms with Gasteiger partial charge in [-0.1, -0.05) is 6.07 Å². The summed E-state index contributed by atoms with van der Waals surface area (Å²) in [4.78, 5) is 0. The van der Waals surface area contributed by atoms with Crippen LogP contribution >= 0.6 is 0 Å². The smallest absolute Gasteiger partial charge is 0.213 e. The molecule has 0 aliphatic carbocycles. The van der Waals surface area contributed by atoms with Gasteiger partial charge in [0.1, 0.15) is 5.82 Å². The van der Waals surface area contributed by atoms with Gasteiger partial charge in [-0.2, -0.15) is 0 Å². The molecule has 0 radical (unpaired) electrons. The van der Waals surface area contributed by atoms with Crippen molar-refractivity contribution in [3.05, 3.63) is 35.6 Å². The maximum Gasteiger partial charge on any atom is 0.213 e. The molecule has 0 saturated carbocycles. The lowest BCUT2D eigenvalue weighted by molar-refractivity contribution is 0.325. The lowest BCUT2D eigenvalue weighted by atomic mass is 10.2. The summed E-state index contributed by atoms with van der Waals surface area (Å²) in [5.41, 5.74) is 0.469. The molecule has 1 aromatic rings. The highest BCUT2D eigenvalue weighted by Crippen LogP contribution is 2.04. The number of ether oxygens (including phenoxy) is 1. The van der Waals surface area contributed by atoms with Crippen molar-refractivity contribution in [2.45, 2.75) is 6.92 Å².